The molecular weight excluding hydrogens is 202 g/mol. The van der Waals surface area contributed by atoms with Crippen molar-refractivity contribution in [2.24, 2.45) is 5.73 Å². The van der Waals surface area contributed by atoms with Crippen molar-refractivity contribution in [2.45, 2.75) is 0 Å². The summed E-state index contributed by atoms with van der Waals surface area (Å²) in [5, 5.41) is 0. The lowest BCUT2D eigenvalue weighted by Crippen LogP contribution is -2.13. The van der Waals surface area contributed by atoms with Gasteiger partial charge in [0.15, 0.2) is 0 Å². The number of primary amides is 1. The molecular formula is C12H11N3O. The van der Waals surface area contributed by atoms with Gasteiger partial charge in [0, 0.05) is 17.4 Å². The Bertz CT molecular complexity index is 523. The number of aromatic nitrogens is 1. The van der Waals surface area contributed by atoms with E-state index in [-0.39, 0.29) is 0 Å². The molecule has 0 spiro atoms. The number of anilines is 1. The third-order valence-corrected chi connectivity index (χ3v) is 2.28. The van der Waals surface area contributed by atoms with E-state index in [2.05, 4.69) is 4.98 Å². The summed E-state index contributed by atoms with van der Waals surface area (Å²) in [5.41, 5.74) is 13.3. The number of carbonyl (C=O) groups excluding carboxylic acids is 1. The Labute approximate surface area is 92.9 Å². The molecule has 0 aliphatic rings. The quantitative estimate of drug-likeness (QED) is 0.740. The Kier molecular flexibility index (Phi) is 2.55. The van der Waals surface area contributed by atoms with Crippen molar-refractivity contribution in [3.63, 3.8) is 0 Å². The van der Waals surface area contributed by atoms with Crippen molar-refractivity contribution in [2.75, 3.05) is 5.73 Å². The highest BCUT2D eigenvalue weighted by Gasteiger charge is 2.07. The van der Waals surface area contributed by atoms with Gasteiger partial charge in [-0.15, -0.1) is 0 Å². The number of nitrogen functional groups attached to an aromatic ring is 1. The lowest BCUT2D eigenvalue weighted by molar-refractivity contribution is 0.100. The number of hydrogen-bond acceptors (Lipinski definition) is 3. The minimum atomic E-state index is -0.523. The number of carbonyl (C=O) groups is 1. The molecule has 4 N–H and O–H groups in total. The van der Waals surface area contributed by atoms with Crippen LogP contribution in [-0.2, 0) is 0 Å². The largest absolute Gasteiger partial charge is 0.398 e. The highest BCUT2D eigenvalue weighted by Crippen LogP contribution is 2.21. The molecule has 1 amide bonds. The van der Waals surface area contributed by atoms with Crippen LogP contribution in [0.1, 0.15) is 10.4 Å². The Morgan fingerprint density at radius 2 is 2.00 bits per heavy atom. The lowest BCUT2D eigenvalue weighted by Gasteiger charge is -2.05. The molecule has 0 bridgehead atoms. The summed E-state index contributed by atoms with van der Waals surface area (Å²) >= 11 is 0. The first kappa shape index (κ1) is 10.2. The van der Waals surface area contributed by atoms with Gasteiger partial charge < -0.3 is 11.5 Å². The average Bonchev–Trinajstić information content (AvgIpc) is 2.29. The number of pyridine rings is 1. The van der Waals surface area contributed by atoms with E-state index in [0.717, 1.165) is 11.3 Å². The second-order valence-electron chi connectivity index (χ2n) is 3.38. The standard InChI is InChI=1S/C12H11N3O/c13-10-7-8(4-5-9(10)12(14)16)11-3-1-2-6-15-11/h1-7H,13H2,(H2,14,16). The maximum absolute atomic E-state index is 11.0. The van der Waals surface area contributed by atoms with Crippen LogP contribution in [0.4, 0.5) is 5.69 Å². The zero-order valence-electron chi connectivity index (χ0n) is 8.55. The molecule has 0 aliphatic carbocycles. The average molecular weight is 213 g/mol. The molecule has 0 atom stereocenters. The first-order chi connectivity index (χ1) is 7.68. The molecule has 2 aromatic rings. The summed E-state index contributed by atoms with van der Waals surface area (Å²) in [4.78, 5) is 15.2. The lowest BCUT2D eigenvalue weighted by atomic mass is 10.1. The van der Waals surface area contributed by atoms with Crippen LogP contribution in [0.5, 0.6) is 0 Å². The molecule has 0 radical (unpaired) electrons. The van der Waals surface area contributed by atoms with Crippen molar-refractivity contribution in [3.8, 4) is 11.3 Å². The van der Waals surface area contributed by atoms with Crippen LogP contribution in [0.3, 0.4) is 0 Å². The van der Waals surface area contributed by atoms with E-state index in [0.29, 0.717) is 11.3 Å². The Balaban J connectivity index is 2.46. The fourth-order valence-electron chi connectivity index (χ4n) is 1.48. The van der Waals surface area contributed by atoms with Crippen LogP contribution in [0.15, 0.2) is 42.6 Å². The SMILES string of the molecule is NC(=O)c1ccc(-c2ccccn2)cc1N. The van der Waals surface area contributed by atoms with Gasteiger partial charge in [0.05, 0.1) is 11.3 Å². The van der Waals surface area contributed by atoms with E-state index >= 15 is 0 Å². The van der Waals surface area contributed by atoms with E-state index in [1.165, 1.54) is 0 Å². The molecule has 0 saturated heterocycles. The Hall–Kier alpha value is -2.36. The van der Waals surface area contributed by atoms with Gasteiger partial charge in [-0.2, -0.15) is 0 Å². The second kappa shape index (κ2) is 4.02. The predicted molar refractivity (Wildman–Crippen MR) is 62.6 cm³/mol. The summed E-state index contributed by atoms with van der Waals surface area (Å²) < 4.78 is 0. The number of nitrogens with two attached hydrogens (primary N) is 2. The number of benzene rings is 1. The molecule has 16 heavy (non-hydrogen) atoms. The van der Waals surface area contributed by atoms with Crippen molar-refractivity contribution in [3.05, 3.63) is 48.2 Å². The van der Waals surface area contributed by atoms with E-state index in [1.807, 2.05) is 18.2 Å². The summed E-state index contributed by atoms with van der Waals surface area (Å²) in [6.45, 7) is 0. The van der Waals surface area contributed by atoms with Crippen LogP contribution >= 0.6 is 0 Å². The van der Waals surface area contributed by atoms with Crippen molar-refractivity contribution in [1.82, 2.24) is 4.98 Å². The molecule has 0 fully saturated rings. The molecule has 4 heteroatoms. The molecule has 1 heterocycles. The van der Waals surface area contributed by atoms with Crippen LogP contribution in [0.2, 0.25) is 0 Å². The Morgan fingerprint density at radius 1 is 1.19 bits per heavy atom. The van der Waals surface area contributed by atoms with Crippen molar-refractivity contribution < 1.29 is 4.79 Å². The van der Waals surface area contributed by atoms with Gasteiger partial charge in [-0.3, -0.25) is 9.78 Å². The van der Waals surface area contributed by atoms with Gasteiger partial charge in [0.1, 0.15) is 0 Å². The molecule has 0 aliphatic heterocycles. The van der Waals surface area contributed by atoms with Gasteiger partial charge >= 0.3 is 0 Å². The van der Waals surface area contributed by atoms with E-state index < -0.39 is 5.91 Å². The van der Waals surface area contributed by atoms with Crippen molar-refractivity contribution in [1.29, 1.82) is 0 Å². The van der Waals surface area contributed by atoms with Crippen LogP contribution in [0.25, 0.3) is 11.3 Å². The third-order valence-electron chi connectivity index (χ3n) is 2.28. The van der Waals surface area contributed by atoms with E-state index in [9.17, 15) is 4.79 Å². The first-order valence-electron chi connectivity index (χ1n) is 4.79. The maximum atomic E-state index is 11.0. The smallest absolute Gasteiger partial charge is 0.250 e. The van der Waals surface area contributed by atoms with Gasteiger partial charge in [0.25, 0.3) is 5.91 Å². The fourth-order valence-corrected chi connectivity index (χ4v) is 1.48. The second-order valence-corrected chi connectivity index (χ2v) is 3.38. The number of rotatable bonds is 2. The summed E-state index contributed by atoms with van der Waals surface area (Å²) in [6.07, 6.45) is 1.70. The van der Waals surface area contributed by atoms with Crippen molar-refractivity contribution >= 4 is 11.6 Å². The number of amides is 1. The third kappa shape index (κ3) is 1.86. The molecule has 4 nitrogen and oxygen atoms in total. The minimum absolute atomic E-state index is 0.333. The van der Waals surface area contributed by atoms with Gasteiger partial charge in [-0.25, -0.2) is 0 Å². The zero-order chi connectivity index (χ0) is 11.5. The number of hydrogen-bond donors (Lipinski definition) is 2. The molecule has 1 aromatic carbocycles. The van der Waals surface area contributed by atoms with E-state index in [4.69, 9.17) is 11.5 Å². The molecule has 0 unspecified atom stereocenters. The monoisotopic (exact) mass is 213 g/mol. The summed E-state index contributed by atoms with van der Waals surface area (Å²) in [6, 6.07) is 10.7. The van der Waals surface area contributed by atoms with Crippen LogP contribution in [0, 0.1) is 0 Å². The normalized spacial score (nSPS) is 10.0. The predicted octanol–water partition coefficient (Wildman–Crippen LogP) is 1.43. The highest BCUT2D eigenvalue weighted by molar-refractivity contribution is 5.98. The van der Waals surface area contributed by atoms with Gasteiger partial charge in [0.2, 0.25) is 0 Å². The number of nitrogens with zero attached hydrogens (tertiary/aromatic N) is 1. The highest BCUT2D eigenvalue weighted by atomic mass is 16.1. The van der Waals surface area contributed by atoms with Gasteiger partial charge in [-0.1, -0.05) is 12.1 Å². The molecule has 1 aromatic heterocycles. The Morgan fingerprint density at radius 3 is 2.56 bits per heavy atom. The van der Waals surface area contributed by atoms with E-state index in [1.54, 1.807) is 24.4 Å². The molecule has 2 rings (SSSR count). The molecule has 0 saturated carbocycles. The first-order valence-corrected chi connectivity index (χ1v) is 4.79. The topological polar surface area (TPSA) is 82.0 Å². The zero-order valence-corrected chi connectivity index (χ0v) is 8.55. The fraction of sp³-hybridized carbons (Fsp3) is 0. The minimum Gasteiger partial charge on any atom is -0.398 e. The van der Waals surface area contributed by atoms with Crippen LogP contribution < -0.4 is 11.5 Å². The summed E-state index contributed by atoms with van der Waals surface area (Å²) in [5.74, 6) is -0.523. The van der Waals surface area contributed by atoms with Gasteiger partial charge in [-0.05, 0) is 24.3 Å². The van der Waals surface area contributed by atoms with Crippen LogP contribution in [-0.4, -0.2) is 10.9 Å². The maximum Gasteiger partial charge on any atom is 0.250 e. The molecule has 80 valence electrons. The summed E-state index contributed by atoms with van der Waals surface area (Å²) in [7, 11) is 0.